The van der Waals surface area contributed by atoms with E-state index in [0.717, 1.165) is 69.3 Å². The number of carbonyl (C=O) groups is 1. The van der Waals surface area contributed by atoms with Crippen LogP contribution in [0, 0.1) is 18.3 Å². The fourth-order valence-electron chi connectivity index (χ4n) is 5.10. The van der Waals surface area contributed by atoms with Gasteiger partial charge in [-0.3, -0.25) is 4.79 Å². The average molecular weight is 380 g/mol. The average Bonchev–Trinajstić information content (AvgIpc) is 3.42. The van der Waals surface area contributed by atoms with E-state index in [1.165, 1.54) is 11.1 Å². The van der Waals surface area contributed by atoms with E-state index in [0.29, 0.717) is 11.7 Å². The lowest BCUT2D eigenvalue weighted by atomic mass is 9.87. The first-order chi connectivity index (χ1) is 13.6. The molecule has 1 saturated carbocycles. The van der Waals surface area contributed by atoms with Crippen molar-refractivity contribution in [1.29, 1.82) is 0 Å². The first-order valence-electron chi connectivity index (χ1n) is 10.5. The second kappa shape index (κ2) is 7.12. The molecule has 2 saturated heterocycles. The first-order valence-corrected chi connectivity index (χ1v) is 10.5. The van der Waals surface area contributed by atoms with Crippen LogP contribution < -0.4 is 5.32 Å². The summed E-state index contributed by atoms with van der Waals surface area (Å²) in [5.41, 5.74) is 2.91. The van der Waals surface area contributed by atoms with E-state index in [1.807, 2.05) is 12.3 Å². The van der Waals surface area contributed by atoms with Crippen molar-refractivity contribution < 1.29 is 14.3 Å². The summed E-state index contributed by atoms with van der Waals surface area (Å²) in [7, 11) is 0. The molecule has 3 fully saturated rings. The minimum atomic E-state index is 0.115. The SMILES string of the molecule is Cc1cc2cnc(NC(=O)C3CC34CCOCC4)cc2cc1C1CCOCC1. The van der Waals surface area contributed by atoms with Gasteiger partial charge in [0.2, 0.25) is 5.91 Å². The Balaban J connectivity index is 1.35. The summed E-state index contributed by atoms with van der Waals surface area (Å²) in [6, 6.07) is 6.53. The molecule has 3 aliphatic rings. The maximum Gasteiger partial charge on any atom is 0.229 e. The lowest BCUT2D eigenvalue weighted by Gasteiger charge is -2.24. The topological polar surface area (TPSA) is 60.5 Å². The van der Waals surface area contributed by atoms with Crippen LogP contribution in [0.15, 0.2) is 24.4 Å². The van der Waals surface area contributed by atoms with Gasteiger partial charge in [-0.1, -0.05) is 6.07 Å². The first kappa shape index (κ1) is 18.1. The molecule has 5 rings (SSSR count). The van der Waals surface area contributed by atoms with Crippen molar-refractivity contribution in [3.63, 3.8) is 0 Å². The van der Waals surface area contributed by atoms with Crippen molar-refractivity contribution in [2.45, 2.75) is 44.9 Å². The fourth-order valence-corrected chi connectivity index (χ4v) is 5.10. The van der Waals surface area contributed by atoms with Gasteiger partial charge in [0, 0.05) is 43.9 Å². The molecule has 2 aliphatic heterocycles. The molecule has 0 radical (unpaired) electrons. The van der Waals surface area contributed by atoms with Gasteiger partial charge in [-0.05, 0) is 79.0 Å². The molecule has 5 heteroatoms. The molecule has 148 valence electrons. The number of hydrogen-bond acceptors (Lipinski definition) is 4. The molecular formula is C23H28N2O3. The van der Waals surface area contributed by atoms with E-state index in [9.17, 15) is 4.79 Å². The number of pyridine rings is 1. The number of ether oxygens (including phenoxy) is 2. The van der Waals surface area contributed by atoms with Crippen molar-refractivity contribution in [2.24, 2.45) is 11.3 Å². The third kappa shape index (κ3) is 3.31. The van der Waals surface area contributed by atoms with E-state index < -0.39 is 0 Å². The van der Waals surface area contributed by atoms with E-state index >= 15 is 0 Å². The number of hydrogen-bond donors (Lipinski definition) is 1. The standard InChI is InChI=1S/C23H28N2O3/c1-15-10-18-14-24-21(12-17(18)11-19(15)16-2-6-27-7-3-16)25-22(26)20-13-23(20)4-8-28-9-5-23/h10-12,14,16,20H,2-9,13H2,1H3,(H,24,25,26). The van der Waals surface area contributed by atoms with Crippen LogP contribution in [0.2, 0.25) is 0 Å². The summed E-state index contributed by atoms with van der Waals surface area (Å²) in [5, 5.41) is 5.34. The number of aryl methyl sites for hydroxylation is 1. The third-order valence-corrected chi connectivity index (χ3v) is 7.01. The predicted molar refractivity (Wildman–Crippen MR) is 108 cm³/mol. The monoisotopic (exact) mass is 380 g/mol. The number of fused-ring (bicyclic) bond motifs is 1. The largest absolute Gasteiger partial charge is 0.381 e. The highest BCUT2D eigenvalue weighted by molar-refractivity contribution is 5.96. The van der Waals surface area contributed by atoms with Crippen LogP contribution in [0.3, 0.4) is 0 Å². The Bertz CT molecular complexity index is 898. The van der Waals surface area contributed by atoms with Gasteiger partial charge in [-0.15, -0.1) is 0 Å². The maximum atomic E-state index is 12.7. The second-order valence-corrected chi connectivity index (χ2v) is 8.73. The van der Waals surface area contributed by atoms with Crippen molar-refractivity contribution in [1.82, 2.24) is 4.98 Å². The van der Waals surface area contributed by atoms with E-state index in [1.54, 1.807) is 0 Å². The number of carbonyl (C=O) groups excluding carboxylic acids is 1. The smallest absolute Gasteiger partial charge is 0.229 e. The Morgan fingerprint density at radius 3 is 2.61 bits per heavy atom. The highest BCUT2D eigenvalue weighted by Gasteiger charge is 2.58. The molecule has 2 aromatic rings. The van der Waals surface area contributed by atoms with Crippen LogP contribution >= 0.6 is 0 Å². The van der Waals surface area contributed by atoms with Crippen LogP contribution in [0.5, 0.6) is 0 Å². The number of nitrogens with zero attached hydrogens (tertiary/aromatic N) is 1. The zero-order valence-electron chi connectivity index (χ0n) is 16.5. The number of nitrogens with one attached hydrogen (secondary N) is 1. The Hall–Kier alpha value is -1.98. The number of aromatic nitrogens is 1. The van der Waals surface area contributed by atoms with Gasteiger partial charge >= 0.3 is 0 Å². The molecule has 1 spiro atoms. The molecule has 1 aromatic heterocycles. The molecule has 0 bridgehead atoms. The van der Waals surface area contributed by atoms with Crippen molar-refractivity contribution in [3.8, 4) is 0 Å². The zero-order valence-corrected chi connectivity index (χ0v) is 16.5. The molecule has 5 nitrogen and oxygen atoms in total. The van der Waals surface area contributed by atoms with Gasteiger partial charge in [0.05, 0.1) is 0 Å². The summed E-state index contributed by atoms with van der Waals surface area (Å²) in [5.74, 6) is 1.45. The van der Waals surface area contributed by atoms with Gasteiger partial charge in [0.1, 0.15) is 5.82 Å². The Labute approximate surface area is 165 Å². The van der Waals surface area contributed by atoms with Crippen LogP contribution in [0.1, 0.15) is 49.1 Å². The molecule has 1 amide bonds. The lowest BCUT2D eigenvalue weighted by Crippen LogP contribution is -2.24. The van der Waals surface area contributed by atoms with Crippen LogP contribution in [-0.2, 0) is 14.3 Å². The second-order valence-electron chi connectivity index (χ2n) is 8.73. The fraction of sp³-hybridized carbons (Fsp3) is 0.565. The number of rotatable bonds is 3. The van der Waals surface area contributed by atoms with Gasteiger partial charge in [-0.2, -0.15) is 0 Å². The van der Waals surface area contributed by atoms with Crippen LogP contribution in [0.4, 0.5) is 5.82 Å². The maximum absolute atomic E-state index is 12.7. The molecule has 1 aliphatic carbocycles. The van der Waals surface area contributed by atoms with Crippen LogP contribution in [0.25, 0.3) is 10.8 Å². The summed E-state index contributed by atoms with van der Waals surface area (Å²) in [4.78, 5) is 17.2. The van der Waals surface area contributed by atoms with E-state index in [-0.39, 0.29) is 17.2 Å². The molecule has 1 N–H and O–H groups in total. The van der Waals surface area contributed by atoms with E-state index in [2.05, 4.69) is 29.4 Å². The molecule has 3 heterocycles. The van der Waals surface area contributed by atoms with Gasteiger partial charge in [-0.25, -0.2) is 4.98 Å². The molecule has 1 unspecified atom stereocenters. The van der Waals surface area contributed by atoms with Gasteiger partial charge in [0.15, 0.2) is 0 Å². The molecule has 28 heavy (non-hydrogen) atoms. The summed E-state index contributed by atoms with van der Waals surface area (Å²) >= 11 is 0. The predicted octanol–water partition coefficient (Wildman–Crippen LogP) is 4.19. The minimum absolute atomic E-state index is 0.115. The summed E-state index contributed by atoms with van der Waals surface area (Å²) < 4.78 is 11.0. The summed E-state index contributed by atoms with van der Waals surface area (Å²) in [6.45, 7) is 5.43. The van der Waals surface area contributed by atoms with Crippen molar-refractivity contribution in [2.75, 3.05) is 31.7 Å². The van der Waals surface area contributed by atoms with Crippen molar-refractivity contribution >= 4 is 22.5 Å². The van der Waals surface area contributed by atoms with Gasteiger partial charge in [0.25, 0.3) is 0 Å². The minimum Gasteiger partial charge on any atom is -0.381 e. The van der Waals surface area contributed by atoms with Crippen LogP contribution in [-0.4, -0.2) is 37.3 Å². The quantitative estimate of drug-likeness (QED) is 0.867. The highest BCUT2D eigenvalue weighted by Crippen LogP contribution is 2.59. The number of anilines is 1. The van der Waals surface area contributed by atoms with Crippen molar-refractivity contribution in [3.05, 3.63) is 35.5 Å². The molecule has 1 aromatic carbocycles. The highest BCUT2D eigenvalue weighted by atomic mass is 16.5. The zero-order chi connectivity index (χ0) is 19.1. The normalized spacial score (nSPS) is 24.4. The lowest BCUT2D eigenvalue weighted by molar-refractivity contribution is -0.118. The molecular weight excluding hydrogens is 352 g/mol. The Morgan fingerprint density at radius 1 is 1.07 bits per heavy atom. The number of benzene rings is 1. The van der Waals surface area contributed by atoms with E-state index in [4.69, 9.17) is 9.47 Å². The van der Waals surface area contributed by atoms with Gasteiger partial charge < -0.3 is 14.8 Å². The summed E-state index contributed by atoms with van der Waals surface area (Å²) in [6.07, 6.45) is 7.03. The Morgan fingerprint density at radius 2 is 1.82 bits per heavy atom. The third-order valence-electron chi connectivity index (χ3n) is 7.01. The molecule has 1 atom stereocenters. The number of amides is 1. The Kier molecular flexibility index (Phi) is 4.60.